The number of hydrogen-bond acceptors (Lipinski definition) is 3. The van der Waals surface area contributed by atoms with E-state index in [1.54, 1.807) is 11.3 Å². The van der Waals surface area contributed by atoms with Gasteiger partial charge in [-0.1, -0.05) is 12.8 Å². The fourth-order valence-electron chi connectivity index (χ4n) is 2.50. The van der Waals surface area contributed by atoms with Gasteiger partial charge in [0, 0.05) is 10.9 Å². The van der Waals surface area contributed by atoms with Crippen molar-refractivity contribution in [3.8, 4) is 0 Å². The molecule has 0 atom stereocenters. The Morgan fingerprint density at radius 1 is 1.40 bits per heavy atom. The molecule has 0 radical (unpaired) electrons. The van der Waals surface area contributed by atoms with Crippen LogP contribution in [0.3, 0.4) is 0 Å². The molecule has 2 nitrogen and oxygen atoms in total. The number of hydrogen-bond donors (Lipinski definition) is 0. The van der Waals surface area contributed by atoms with Crippen LogP contribution in [-0.4, -0.2) is 30.3 Å². The molecule has 0 saturated heterocycles. The number of Topliss-reactive ketones (excluding diaryl/α,β-unsaturated/α-hetero) is 1. The largest absolute Gasteiger partial charge is 0.297 e. The molecule has 0 unspecified atom stereocenters. The first-order valence-electron chi connectivity index (χ1n) is 5.41. The first-order valence-corrected chi connectivity index (χ1v) is 6.35. The summed E-state index contributed by atoms with van der Waals surface area (Å²) >= 11 is 1.60. The van der Waals surface area contributed by atoms with Crippen molar-refractivity contribution in [2.24, 2.45) is 0 Å². The van der Waals surface area contributed by atoms with Gasteiger partial charge in [-0.3, -0.25) is 9.69 Å². The molecule has 15 heavy (non-hydrogen) atoms. The summed E-state index contributed by atoms with van der Waals surface area (Å²) in [6.45, 7) is 0. The molecule has 1 fully saturated rings. The predicted molar refractivity (Wildman–Crippen MR) is 63.5 cm³/mol. The number of carbonyl (C=O) groups is 1. The van der Waals surface area contributed by atoms with Crippen molar-refractivity contribution in [1.29, 1.82) is 0 Å². The van der Waals surface area contributed by atoms with Crippen molar-refractivity contribution in [2.45, 2.75) is 31.2 Å². The third-order valence-electron chi connectivity index (χ3n) is 3.49. The number of rotatable bonds is 3. The van der Waals surface area contributed by atoms with Gasteiger partial charge >= 0.3 is 0 Å². The molecule has 2 rings (SSSR count). The van der Waals surface area contributed by atoms with Crippen molar-refractivity contribution in [1.82, 2.24) is 4.90 Å². The van der Waals surface area contributed by atoms with Gasteiger partial charge in [0.25, 0.3) is 0 Å². The molecule has 1 saturated carbocycles. The Morgan fingerprint density at radius 3 is 2.53 bits per heavy atom. The van der Waals surface area contributed by atoms with E-state index in [1.807, 2.05) is 30.9 Å². The van der Waals surface area contributed by atoms with Crippen LogP contribution in [0.2, 0.25) is 0 Å². The Bertz CT molecular complexity index is 337. The zero-order valence-electron chi connectivity index (χ0n) is 9.32. The van der Waals surface area contributed by atoms with Crippen LogP contribution in [0.25, 0.3) is 0 Å². The van der Waals surface area contributed by atoms with Gasteiger partial charge in [0.05, 0.1) is 5.54 Å². The van der Waals surface area contributed by atoms with Crippen molar-refractivity contribution in [2.75, 3.05) is 14.1 Å². The highest BCUT2D eigenvalue weighted by molar-refractivity contribution is 7.08. The first kappa shape index (κ1) is 10.8. The molecule has 0 amide bonds. The Labute approximate surface area is 94.9 Å². The summed E-state index contributed by atoms with van der Waals surface area (Å²) in [5.74, 6) is 0.311. The second-order valence-corrected chi connectivity index (χ2v) is 5.25. The molecule has 1 aliphatic rings. The number of thiophene rings is 1. The summed E-state index contributed by atoms with van der Waals surface area (Å²) in [6.07, 6.45) is 4.37. The maximum Gasteiger partial charge on any atom is 0.183 e. The van der Waals surface area contributed by atoms with Crippen LogP contribution in [0.15, 0.2) is 16.8 Å². The smallest absolute Gasteiger partial charge is 0.183 e. The Hall–Kier alpha value is -0.670. The molecule has 1 aromatic rings. The number of nitrogens with zero attached hydrogens (tertiary/aromatic N) is 1. The van der Waals surface area contributed by atoms with E-state index in [2.05, 4.69) is 4.90 Å². The summed E-state index contributed by atoms with van der Waals surface area (Å²) in [4.78, 5) is 14.5. The van der Waals surface area contributed by atoms with Crippen LogP contribution < -0.4 is 0 Å². The van der Waals surface area contributed by atoms with E-state index in [0.29, 0.717) is 5.78 Å². The van der Waals surface area contributed by atoms with Crippen LogP contribution in [0.4, 0.5) is 0 Å². The summed E-state index contributed by atoms with van der Waals surface area (Å²) < 4.78 is 0. The lowest BCUT2D eigenvalue weighted by Gasteiger charge is -2.34. The second-order valence-electron chi connectivity index (χ2n) is 4.47. The van der Waals surface area contributed by atoms with Gasteiger partial charge in [-0.2, -0.15) is 11.3 Å². The molecule has 1 heterocycles. The summed E-state index contributed by atoms with van der Waals surface area (Å²) in [6, 6.07) is 1.94. The second kappa shape index (κ2) is 4.06. The van der Waals surface area contributed by atoms with Gasteiger partial charge in [0.15, 0.2) is 5.78 Å². The predicted octanol–water partition coefficient (Wildman–Crippen LogP) is 2.81. The van der Waals surface area contributed by atoms with E-state index >= 15 is 0 Å². The number of likely N-dealkylation sites (N-methyl/N-ethyl adjacent to an activating group) is 1. The molecule has 0 N–H and O–H groups in total. The molecule has 1 aliphatic carbocycles. The Balaban J connectivity index is 2.30. The monoisotopic (exact) mass is 223 g/mol. The fraction of sp³-hybridized carbons (Fsp3) is 0.583. The van der Waals surface area contributed by atoms with E-state index in [4.69, 9.17) is 0 Å². The lowest BCUT2D eigenvalue weighted by Crippen LogP contribution is -2.48. The SMILES string of the molecule is CN(C)C1(C(=O)c2ccsc2)CCCC1. The molecule has 82 valence electrons. The Morgan fingerprint density at radius 2 is 2.07 bits per heavy atom. The summed E-state index contributed by atoms with van der Waals surface area (Å²) in [5, 5.41) is 3.94. The summed E-state index contributed by atoms with van der Waals surface area (Å²) in [5.41, 5.74) is 0.664. The molecular formula is C12H17NOS. The fourth-order valence-corrected chi connectivity index (χ4v) is 3.14. The van der Waals surface area contributed by atoms with Gasteiger partial charge in [-0.05, 0) is 38.4 Å². The van der Waals surface area contributed by atoms with Gasteiger partial charge in [-0.25, -0.2) is 0 Å². The molecule has 0 spiro atoms. The molecule has 0 aromatic carbocycles. The van der Waals surface area contributed by atoms with Gasteiger partial charge in [0.2, 0.25) is 0 Å². The van der Waals surface area contributed by atoms with Crippen molar-refractivity contribution in [3.63, 3.8) is 0 Å². The van der Waals surface area contributed by atoms with E-state index in [-0.39, 0.29) is 5.54 Å². The van der Waals surface area contributed by atoms with E-state index in [0.717, 1.165) is 18.4 Å². The average Bonchev–Trinajstić information content (AvgIpc) is 2.89. The minimum absolute atomic E-state index is 0.221. The maximum absolute atomic E-state index is 12.4. The highest BCUT2D eigenvalue weighted by Crippen LogP contribution is 2.36. The highest BCUT2D eigenvalue weighted by atomic mass is 32.1. The Kier molecular flexibility index (Phi) is 2.94. The van der Waals surface area contributed by atoms with Crippen molar-refractivity contribution < 1.29 is 4.79 Å². The third kappa shape index (κ3) is 1.74. The normalized spacial score (nSPS) is 19.7. The third-order valence-corrected chi connectivity index (χ3v) is 4.18. The van der Waals surface area contributed by atoms with E-state index < -0.39 is 0 Å². The van der Waals surface area contributed by atoms with Gasteiger partial charge in [-0.15, -0.1) is 0 Å². The quantitative estimate of drug-likeness (QED) is 0.734. The number of ketones is 1. The summed E-state index contributed by atoms with van der Waals surface area (Å²) in [7, 11) is 4.05. The zero-order chi connectivity index (χ0) is 10.9. The zero-order valence-corrected chi connectivity index (χ0v) is 10.1. The van der Waals surface area contributed by atoms with Crippen LogP contribution in [0.5, 0.6) is 0 Å². The van der Waals surface area contributed by atoms with Crippen molar-refractivity contribution >= 4 is 17.1 Å². The molecule has 0 bridgehead atoms. The van der Waals surface area contributed by atoms with Crippen LogP contribution in [-0.2, 0) is 0 Å². The standard InChI is InChI=1S/C12H17NOS/c1-13(2)12(6-3-4-7-12)11(14)10-5-8-15-9-10/h5,8-9H,3-4,6-7H2,1-2H3. The molecule has 1 aromatic heterocycles. The molecular weight excluding hydrogens is 206 g/mol. The highest BCUT2D eigenvalue weighted by Gasteiger charge is 2.43. The van der Waals surface area contributed by atoms with Crippen LogP contribution in [0.1, 0.15) is 36.0 Å². The minimum Gasteiger partial charge on any atom is -0.297 e. The molecule has 0 aliphatic heterocycles. The lowest BCUT2D eigenvalue weighted by molar-refractivity contribution is 0.0694. The topological polar surface area (TPSA) is 20.3 Å². The maximum atomic E-state index is 12.4. The van der Waals surface area contributed by atoms with Crippen molar-refractivity contribution in [3.05, 3.63) is 22.4 Å². The lowest BCUT2D eigenvalue weighted by atomic mass is 9.87. The van der Waals surface area contributed by atoms with Gasteiger partial charge < -0.3 is 0 Å². The minimum atomic E-state index is -0.221. The molecule has 3 heteroatoms. The van der Waals surface area contributed by atoms with Gasteiger partial charge in [0.1, 0.15) is 0 Å². The van der Waals surface area contributed by atoms with Crippen LogP contribution >= 0.6 is 11.3 Å². The average molecular weight is 223 g/mol. The van der Waals surface area contributed by atoms with Crippen LogP contribution in [0, 0.1) is 0 Å². The van der Waals surface area contributed by atoms with E-state index in [9.17, 15) is 4.79 Å². The van der Waals surface area contributed by atoms with E-state index in [1.165, 1.54) is 12.8 Å². The first-order chi connectivity index (χ1) is 7.17. The number of carbonyl (C=O) groups excluding carboxylic acids is 1.